The van der Waals surface area contributed by atoms with E-state index < -0.39 is 17.4 Å². The quantitative estimate of drug-likeness (QED) is 0.410. The van der Waals surface area contributed by atoms with E-state index in [0.717, 1.165) is 29.0 Å². The maximum absolute atomic E-state index is 12.5. The highest BCUT2D eigenvalue weighted by Crippen LogP contribution is 2.44. The number of hydrogen-bond donors (Lipinski definition) is 0. The second-order valence-corrected chi connectivity index (χ2v) is 6.74. The van der Waals surface area contributed by atoms with Crippen molar-refractivity contribution < 1.29 is 19.1 Å². The summed E-state index contributed by atoms with van der Waals surface area (Å²) in [6, 6.07) is 7.73. The Hall–Kier alpha value is -1.81. The fourth-order valence-electron chi connectivity index (χ4n) is 3.36. The summed E-state index contributed by atoms with van der Waals surface area (Å²) in [5.41, 5.74) is 0.774. The van der Waals surface area contributed by atoms with Crippen LogP contribution in [0.5, 0.6) is 0 Å². The molecule has 1 aromatic rings. The van der Waals surface area contributed by atoms with Crippen LogP contribution in [0, 0.1) is 11.3 Å². The van der Waals surface area contributed by atoms with Crippen molar-refractivity contribution in [3.8, 4) is 0 Å². The van der Waals surface area contributed by atoms with E-state index in [1.165, 1.54) is 0 Å². The smallest absolute Gasteiger partial charge is 0.327 e. The summed E-state index contributed by atoms with van der Waals surface area (Å²) >= 11 is 6.22. The topological polar surface area (TPSA) is 52.6 Å². The van der Waals surface area contributed by atoms with Crippen molar-refractivity contribution in [2.45, 2.75) is 40.0 Å². The number of hydrogen-bond acceptors (Lipinski definition) is 4. The average Bonchev–Trinajstić information content (AvgIpc) is 2.93. The third kappa shape index (κ3) is 4.24. The molecular weight excluding hydrogens is 340 g/mol. The predicted octanol–water partition coefficient (Wildman–Crippen LogP) is 4.35. The first-order chi connectivity index (χ1) is 11.9. The number of aryl methyl sites for hydroxylation is 1. The molecule has 0 fully saturated rings. The number of halogens is 1. The molecule has 0 aromatic heterocycles. The molecule has 25 heavy (non-hydrogen) atoms. The van der Waals surface area contributed by atoms with Gasteiger partial charge >= 0.3 is 11.9 Å². The number of allylic oxidation sites excluding steroid dienone is 1. The van der Waals surface area contributed by atoms with Gasteiger partial charge in [0.1, 0.15) is 0 Å². The minimum atomic E-state index is -1.32. The molecule has 4 nitrogen and oxygen atoms in total. The third-order valence-electron chi connectivity index (χ3n) is 4.69. The first-order valence-electron chi connectivity index (χ1n) is 8.71. The van der Waals surface area contributed by atoms with Gasteiger partial charge in [0.05, 0.1) is 13.2 Å². The van der Waals surface area contributed by atoms with E-state index in [1.54, 1.807) is 19.9 Å². The highest BCUT2D eigenvalue weighted by Gasteiger charge is 2.52. The van der Waals surface area contributed by atoms with Gasteiger partial charge in [0.2, 0.25) is 0 Å². The van der Waals surface area contributed by atoms with Crippen molar-refractivity contribution in [3.63, 3.8) is 0 Å². The third-order valence-corrected chi connectivity index (χ3v) is 5.05. The molecule has 2 rings (SSSR count). The second kappa shape index (κ2) is 8.52. The van der Waals surface area contributed by atoms with Gasteiger partial charge in [0.15, 0.2) is 5.41 Å². The molecule has 136 valence electrons. The fourth-order valence-corrected chi connectivity index (χ4v) is 3.59. The molecule has 1 aromatic carbocycles. The van der Waals surface area contributed by atoms with Crippen LogP contribution >= 0.6 is 11.6 Å². The van der Waals surface area contributed by atoms with Crippen LogP contribution in [0.4, 0.5) is 0 Å². The maximum Gasteiger partial charge on any atom is 0.327 e. The minimum Gasteiger partial charge on any atom is -0.465 e. The van der Waals surface area contributed by atoms with Crippen LogP contribution in [0.2, 0.25) is 5.02 Å². The minimum absolute atomic E-state index is 0.116. The zero-order chi connectivity index (χ0) is 18.4. The Bertz CT molecular complexity index is 647. The number of carbonyl (C=O) groups excluding carboxylic acids is 2. The van der Waals surface area contributed by atoms with Gasteiger partial charge in [-0.15, -0.1) is 0 Å². The Morgan fingerprint density at radius 1 is 1.16 bits per heavy atom. The van der Waals surface area contributed by atoms with Gasteiger partial charge in [-0.1, -0.05) is 41.4 Å². The van der Waals surface area contributed by atoms with Crippen LogP contribution in [0.1, 0.15) is 39.2 Å². The molecule has 0 spiro atoms. The normalized spacial score (nSPS) is 18.6. The second-order valence-electron chi connectivity index (χ2n) is 6.33. The average molecular weight is 365 g/mol. The summed E-state index contributed by atoms with van der Waals surface area (Å²) in [5, 5.41) is 0.740. The zero-order valence-corrected chi connectivity index (χ0v) is 15.8. The number of esters is 2. The summed E-state index contributed by atoms with van der Waals surface area (Å²) in [6.45, 7) is 5.89. The van der Waals surface area contributed by atoms with Gasteiger partial charge < -0.3 is 9.47 Å². The van der Waals surface area contributed by atoms with Crippen LogP contribution in [0.3, 0.4) is 0 Å². The maximum atomic E-state index is 12.5. The molecule has 1 aliphatic rings. The zero-order valence-electron chi connectivity index (χ0n) is 15.0. The molecular formula is C20H25ClO4. The van der Waals surface area contributed by atoms with Crippen LogP contribution < -0.4 is 0 Å². The van der Waals surface area contributed by atoms with Crippen molar-refractivity contribution in [2.75, 3.05) is 13.2 Å². The van der Waals surface area contributed by atoms with Crippen LogP contribution in [0.25, 0.3) is 0 Å². The summed E-state index contributed by atoms with van der Waals surface area (Å²) in [7, 11) is 0. The summed E-state index contributed by atoms with van der Waals surface area (Å²) < 4.78 is 10.3. The molecule has 0 amide bonds. The van der Waals surface area contributed by atoms with Gasteiger partial charge in [0, 0.05) is 5.02 Å². The number of ether oxygens (including phenoxy) is 2. The molecule has 0 radical (unpaired) electrons. The van der Waals surface area contributed by atoms with E-state index in [0.29, 0.717) is 6.42 Å². The standard InChI is InChI=1S/C20H25ClO4/c1-4-24-18(22)20(19(23)25-5-2)12-14(3)16(13-20)11-10-15-8-6-7-9-17(15)21/h6-9,12,16H,4-5,10-11,13H2,1-3H3. The molecule has 0 saturated carbocycles. The summed E-state index contributed by atoms with van der Waals surface area (Å²) in [6.07, 6.45) is 3.73. The lowest BCUT2D eigenvalue weighted by Crippen LogP contribution is -2.39. The van der Waals surface area contributed by atoms with Crippen LogP contribution in [-0.2, 0) is 25.5 Å². The first kappa shape index (κ1) is 19.5. The lowest BCUT2D eigenvalue weighted by molar-refractivity contribution is -0.168. The molecule has 1 aliphatic carbocycles. The molecule has 0 N–H and O–H groups in total. The molecule has 0 aliphatic heterocycles. The van der Waals surface area contributed by atoms with Crippen LogP contribution in [0.15, 0.2) is 35.9 Å². The van der Waals surface area contributed by atoms with Crippen LogP contribution in [-0.4, -0.2) is 25.2 Å². The van der Waals surface area contributed by atoms with Crippen molar-refractivity contribution in [2.24, 2.45) is 11.3 Å². The number of rotatable bonds is 7. The van der Waals surface area contributed by atoms with E-state index in [4.69, 9.17) is 21.1 Å². The Balaban J connectivity index is 2.16. The van der Waals surface area contributed by atoms with E-state index in [-0.39, 0.29) is 19.1 Å². The Kier molecular flexibility index (Phi) is 6.65. The highest BCUT2D eigenvalue weighted by molar-refractivity contribution is 6.31. The van der Waals surface area contributed by atoms with Gasteiger partial charge in [0.25, 0.3) is 0 Å². The SMILES string of the molecule is CCOC(=O)C1(C(=O)OCC)C=C(C)C(CCc2ccccc2Cl)C1. The first-order valence-corrected chi connectivity index (χ1v) is 9.09. The molecule has 0 bridgehead atoms. The van der Waals surface area contributed by atoms with Gasteiger partial charge in [-0.25, -0.2) is 0 Å². The van der Waals surface area contributed by atoms with E-state index in [1.807, 2.05) is 31.2 Å². The summed E-state index contributed by atoms with van der Waals surface area (Å²) in [5.74, 6) is -0.925. The fraction of sp³-hybridized carbons (Fsp3) is 0.500. The largest absolute Gasteiger partial charge is 0.465 e. The number of benzene rings is 1. The lowest BCUT2D eigenvalue weighted by Gasteiger charge is -2.24. The van der Waals surface area contributed by atoms with Crippen molar-refractivity contribution in [3.05, 3.63) is 46.5 Å². The Labute approximate surface area is 154 Å². The Morgan fingerprint density at radius 3 is 2.32 bits per heavy atom. The van der Waals surface area contributed by atoms with Gasteiger partial charge in [-0.2, -0.15) is 0 Å². The van der Waals surface area contributed by atoms with Gasteiger partial charge in [-0.05, 0) is 57.6 Å². The molecule has 0 heterocycles. The highest BCUT2D eigenvalue weighted by atomic mass is 35.5. The van der Waals surface area contributed by atoms with Crippen molar-refractivity contribution in [1.82, 2.24) is 0 Å². The predicted molar refractivity (Wildman–Crippen MR) is 97.3 cm³/mol. The lowest BCUT2D eigenvalue weighted by atomic mass is 9.83. The van der Waals surface area contributed by atoms with E-state index in [2.05, 4.69) is 0 Å². The van der Waals surface area contributed by atoms with Gasteiger partial charge in [-0.3, -0.25) is 9.59 Å². The Morgan fingerprint density at radius 2 is 1.76 bits per heavy atom. The van der Waals surface area contributed by atoms with E-state index in [9.17, 15) is 9.59 Å². The summed E-state index contributed by atoms with van der Waals surface area (Å²) in [4.78, 5) is 25.0. The molecule has 5 heteroatoms. The molecule has 0 saturated heterocycles. The monoisotopic (exact) mass is 364 g/mol. The van der Waals surface area contributed by atoms with E-state index >= 15 is 0 Å². The van der Waals surface area contributed by atoms with Crippen molar-refractivity contribution in [1.29, 1.82) is 0 Å². The molecule has 1 atom stereocenters. The molecule has 1 unspecified atom stereocenters. The van der Waals surface area contributed by atoms with Crippen molar-refractivity contribution >= 4 is 23.5 Å². The number of carbonyl (C=O) groups is 2.